The molecule has 0 saturated heterocycles. The number of fused-ring (bicyclic) bond motifs is 1. The van der Waals surface area contributed by atoms with Crippen LogP contribution in [0.1, 0.15) is 17.0 Å². The fourth-order valence-corrected chi connectivity index (χ4v) is 3.90. The number of allylic oxidation sites excluding steroid dienone is 1. The lowest BCUT2D eigenvalue weighted by atomic mass is 9.82. The molecule has 1 aliphatic heterocycles. The number of benzene rings is 3. The summed E-state index contributed by atoms with van der Waals surface area (Å²) in [5.41, 5.74) is 12.3. The third-order valence-corrected chi connectivity index (χ3v) is 5.35. The van der Waals surface area contributed by atoms with Crippen LogP contribution in [0.2, 0.25) is 0 Å². The Balaban J connectivity index is 1.64. The molecule has 1 atom stereocenters. The Morgan fingerprint density at radius 3 is 2.07 bits per heavy atom. The van der Waals surface area contributed by atoms with Gasteiger partial charge in [-0.2, -0.15) is 5.26 Å². The smallest absolute Gasteiger partial charge is 0.244 e. The molecular weight excluding hydrogens is 372 g/mol. The van der Waals surface area contributed by atoms with Gasteiger partial charge in [0.15, 0.2) is 0 Å². The van der Waals surface area contributed by atoms with Crippen LogP contribution in [-0.4, -0.2) is 10.2 Å². The van der Waals surface area contributed by atoms with E-state index in [1.54, 1.807) is 0 Å². The average Bonchev–Trinajstić information content (AvgIpc) is 3.23. The zero-order valence-electron chi connectivity index (χ0n) is 16.0. The van der Waals surface area contributed by atoms with E-state index < -0.39 is 0 Å². The molecule has 0 radical (unpaired) electrons. The quantitative estimate of drug-likeness (QED) is 0.517. The van der Waals surface area contributed by atoms with Gasteiger partial charge in [0.2, 0.25) is 11.8 Å². The molecule has 0 aliphatic carbocycles. The molecular formula is C25H18N4O. The monoisotopic (exact) mass is 390 g/mol. The highest BCUT2D eigenvalue weighted by Gasteiger charge is 2.35. The number of nitrogens with two attached hydrogens (primary N) is 1. The Morgan fingerprint density at radius 1 is 0.833 bits per heavy atom. The van der Waals surface area contributed by atoms with Crippen LogP contribution in [0.5, 0.6) is 5.88 Å². The van der Waals surface area contributed by atoms with Gasteiger partial charge >= 0.3 is 0 Å². The van der Waals surface area contributed by atoms with E-state index in [-0.39, 0.29) is 11.8 Å². The first-order valence-corrected chi connectivity index (χ1v) is 9.63. The van der Waals surface area contributed by atoms with E-state index >= 15 is 0 Å². The molecule has 5 nitrogen and oxygen atoms in total. The van der Waals surface area contributed by atoms with Crippen LogP contribution in [-0.2, 0) is 0 Å². The van der Waals surface area contributed by atoms with E-state index in [0.29, 0.717) is 11.5 Å². The summed E-state index contributed by atoms with van der Waals surface area (Å²) in [4.78, 5) is 0. The number of H-pyrrole nitrogens is 1. The van der Waals surface area contributed by atoms with Crippen LogP contribution >= 0.6 is 0 Å². The van der Waals surface area contributed by atoms with Crippen molar-refractivity contribution in [1.82, 2.24) is 10.2 Å². The van der Waals surface area contributed by atoms with Crippen LogP contribution in [0, 0.1) is 11.3 Å². The van der Waals surface area contributed by atoms with Crippen molar-refractivity contribution >= 4 is 0 Å². The lowest BCUT2D eigenvalue weighted by molar-refractivity contribution is 0.379. The highest BCUT2D eigenvalue weighted by Crippen LogP contribution is 2.45. The van der Waals surface area contributed by atoms with Gasteiger partial charge in [0.05, 0.1) is 17.2 Å². The summed E-state index contributed by atoms with van der Waals surface area (Å²) in [6, 6.07) is 30.5. The van der Waals surface area contributed by atoms with Gasteiger partial charge < -0.3 is 10.5 Å². The standard InChI is InChI=1S/C25H18N4O/c26-15-20-21(18-13-11-17(12-14-18)16-7-3-1-4-8-16)22-23(19-9-5-2-6-10-19)28-29-25(22)30-24(20)27/h1-14,21H,27H2,(H,28,29). The minimum atomic E-state index is -0.363. The van der Waals surface area contributed by atoms with Gasteiger partial charge in [-0.25, -0.2) is 0 Å². The van der Waals surface area contributed by atoms with Gasteiger partial charge in [0.1, 0.15) is 11.6 Å². The number of ether oxygens (including phenoxy) is 1. The lowest BCUT2D eigenvalue weighted by Crippen LogP contribution is -2.20. The van der Waals surface area contributed by atoms with Crippen LogP contribution < -0.4 is 10.5 Å². The number of hydrogen-bond acceptors (Lipinski definition) is 4. The van der Waals surface area contributed by atoms with Crippen LogP contribution in [0.15, 0.2) is 96.4 Å². The first-order valence-electron chi connectivity index (χ1n) is 9.63. The third kappa shape index (κ3) is 2.92. The predicted octanol–water partition coefficient (Wildman–Crippen LogP) is 4.96. The van der Waals surface area contributed by atoms with Crippen molar-refractivity contribution in [3.8, 4) is 34.3 Å². The maximum absolute atomic E-state index is 9.85. The fourth-order valence-electron chi connectivity index (χ4n) is 3.90. The molecule has 5 rings (SSSR count). The third-order valence-electron chi connectivity index (χ3n) is 5.35. The van der Waals surface area contributed by atoms with Crippen LogP contribution in [0.4, 0.5) is 0 Å². The Morgan fingerprint density at radius 2 is 1.43 bits per heavy atom. The topological polar surface area (TPSA) is 87.7 Å². The molecule has 0 amide bonds. The van der Waals surface area contributed by atoms with Gasteiger partial charge in [-0.15, -0.1) is 5.10 Å². The first kappa shape index (κ1) is 17.8. The second-order valence-corrected chi connectivity index (χ2v) is 7.10. The van der Waals surface area contributed by atoms with E-state index in [0.717, 1.165) is 33.5 Å². The van der Waals surface area contributed by atoms with Crippen molar-refractivity contribution in [3.63, 3.8) is 0 Å². The van der Waals surface area contributed by atoms with Crippen molar-refractivity contribution in [2.75, 3.05) is 0 Å². The van der Waals surface area contributed by atoms with Gasteiger partial charge in [-0.05, 0) is 22.3 Å². The molecule has 1 aliphatic rings. The summed E-state index contributed by atoms with van der Waals surface area (Å²) in [6.45, 7) is 0. The summed E-state index contributed by atoms with van der Waals surface area (Å²) in [7, 11) is 0. The van der Waals surface area contributed by atoms with Crippen LogP contribution in [0.25, 0.3) is 22.4 Å². The molecule has 0 spiro atoms. The molecule has 4 aromatic rings. The first-order chi connectivity index (χ1) is 14.8. The van der Waals surface area contributed by atoms with E-state index in [1.165, 1.54) is 0 Å². The zero-order chi connectivity index (χ0) is 20.5. The van der Waals surface area contributed by atoms with E-state index in [1.807, 2.05) is 60.7 Å². The summed E-state index contributed by atoms with van der Waals surface area (Å²) < 4.78 is 5.67. The summed E-state index contributed by atoms with van der Waals surface area (Å²) in [5, 5.41) is 17.2. The molecule has 0 bridgehead atoms. The van der Waals surface area contributed by atoms with E-state index in [2.05, 4.69) is 40.5 Å². The maximum Gasteiger partial charge on any atom is 0.244 e. The van der Waals surface area contributed by atoms with Gasteiger partial charge in [-0.1, -0.05) is 84.9 Å². The highest BCUT2D eigenvalue weighted by atomic mass is 16.5. The molecule has 30 heavy (non-hydrogen) atoms. The molecule has 0 saturated carbocycles. The van der Waals surface area contributed by atoms with Gasteiger partial charge in [0.25, 0.3) is 0 Å². The number of nitrogens with zero attached hydrogens (tertiary/aromatic N) is 2. The Labute approximate surface area is 174 Å². The Bertz CT molecular complexity index is 1270. The molecule has 144 valence electrons. The number of nitriles is 1. The molecule has 5 heteroatoms. The predicted molar refractivity (Wildman–Crippen MR) is 115 cm³/mol. The van der Waals surface area contributed by atoms with Crippen molar-refractivity contribution in [1.29, 1.82) is 5.26 Å². The van der Waals surface area contributed by atoms with Gasteiger partial charge in [-0.3, -0.25) is 5.10 Å². The summed E-state index contributed by atoms with van der Waals surface area (Å²) >= 11 is 0. The number of aromatic nitrogens is 2. The Kier molecular flexibility index (Phi) is 4.30. The number of hydrogen-bond donors (Lipinski definition) is 2. The second-order valence-electron chi connectivity index (χ2n) is 7.10. The average molecular weight is 390 g/mol. The SMILES string of the molecule is N#CC1=C(N)Oc2n[nH]c(-c3ccccc3)c2C1c1ccc(-c2ccccc2)cc1. The van der Waals surface area contributed by atoms with Crippen molar-refractivity contribution in [2.45, 2.75) is 5.92 Å². The normalized spacial score (nSPS) is 15.2. The number of rotatable bonds is 3. The second kappa shape index (κ2) is 7.26. The van der Waals surface area contributed by atoms with Crippen molar-refractivity contribution in [3.05, 3.63) is 108 Å². The zero-order valence-corrected chi connectivity index (χ0v) is 16.0. The fraction of sp³-hybridized carbons (Fsp3) is 0.0400. The minimum Gasteiger partial charge on any atom is -0.420 e. The number of aromatic amines is 1. The highest BCUT2D eigenvalue weighted by molar-refractivity contribution is 5.71. The van der Waals surface area contributed by atoms with Crippen molar-refractivity contribution in [2.24, 2.45) is 5.73 Å². The summed E-state index contributed by atoms with van der Waals surface area (Å²) in [5.74, 6) is 0.133. The maximum atomic E-state index is 9.85. The molecule has 1 unspecified atom stereocenters. The number of nitrogens with one attached hydrogen (secondary N) is 1. The molecule has 0 fully saturated rings. The molecule has 3 N–H and O–H groups in total. The molecule has 2 heterocycles. The largest absolute Gasteiger partial charge is 0.420 e. The Hall–Kier alpha value is -4.30. The lowest BCUT2D eigenvalue weighted by Gasteiger charge is -2.24. The minimum absolute atomic E-state index is 0.0910. The van der Waals surface area contributed by atoms with E-state index in [4.69, 9.17) is 10.5 Å². The van der Waals surface area contributed by atoms with Crippen LogP contribution in [0.3, 0.4) is 0 Å². The van der Waals surface area contributed by atoms with Crippen molar-refractivity contribution < 1.29 is 4.74 Å². The van der Waals surface area contributed by atoms with Gasteiger partial charge in [0, 0.05) is 0 Å². The van der Waals surface area contributed by atoms with E-state index in [9.17, 15) is 5.26 Å². The molecule has 1 aromatic heterocycles. The summed E-state index contributed by atoms with van der Waals surface area (Å²) in [6.07, 6.45) is 0. The molecule has 3 aromatic carbocycles.